The second kappa shape index (κ2) is 5.91. The molecule has 2 rings (SSSR count). The van der Waals surface area contributed by atoms with Crippen LogP contribution in [0.2, 0.25) is 5.02 Å². The van der Waals surface area contributed by atoms with Gasteiger partial charge in [-0.1, -0.05) is 17.7 Å². The zero-order chi connectivity index (χ0) is 13.1. The lowest BCUT2D eigenvalue weighted by Crippen LogP contribution is -2.41. The quantitative estimate of drug-likeness (QED) is 0.912. The molecule has 1 aliphatic rings. The molecule has 100 valence electrons. The summed E-state index contributed by atoms with van der Waals surface area (Å²) in [6.07, 6.45) is 2.37. The number of anilines is 1. The van der Waals surface area contributed by atoms with Gasteiger partial charge in [0, 0.05) is 29.8 Å². The third kappa shape index (κ3) is 2.97. The minimum atomic E-state index is 0.00180. The summed E-state index contributed by atoms with van der Waals surface area (Å²) in [5.41, 5.74) is 1.96. The molecule has 1 saturated heterocycles. The number of aliphatic hydroxyl groups is 1. The van der Waals surface area contributed by atoms with Crippen molar-refractivity contribution in [2.24, 2.45) is 0 Å². The van der Waals surface area contributed by atoms with Gasteiger partial charge in [0.1, 0.15) is 0 Å². The van der Waals surface area contributed by atoms with Crippen LogP contribution in [-0.2, 0) is 6.61 Å². The van der Waals surface area contributed by atoms with Crippen LogP contribution >= 0.6 is 11.6 Å². The van der Waals surface area contributed by atoms with Crippen molar-refractivity contribution in [3.63, 3.8) is 0 Å². The van der Waals surface area contributed by atoms with Crippen molar-refractivity contribution < 1.29 is 5.11 Å². The molecule has 1 heterocycles. The van der Waals surface area contributed by atoms with Crippen LogP contribution in [0.5, 0.6) is 0 Å². The van der Waals surface area contributed by atoms with Crippen LogP contribution in [0.25, 0.3) is 0 Å². The van der Waals surface area contributed by atoms with Crippen LogP contribution in [0.4, 0.5) is 5.69 Å². The number of hydrogen-bond acceptors (Lipinski definition) is 3. The fourth-order valence-corrected chi connectivity index (χ4v) is 2.74. The van der Waals surface area contributed by atoms with Crippen molar-refractivity contribution in [3.05, 3.63) is 28.8 Å². The maximum absolute atomic E-state index is 9.11. The molecule has 0 radical (unpaired) electrons. The summed E-state index contributed by atoms with van der Waals surface area (Å²) < 4.78 is 0. The van der Waals surface area contributed by atoms with Crippen LogP contribution in [0, 0.1) is 0 Å². The Morgan fingerprint density at radius 1 is 1.33 bits per heavy atom. The predicted molar refractivity (Wildman–Crippen MR) is 76.3 cm³/mol. The summed E-state index contributed by atoms with van der Waals surface area (Å²) in [5, 5.41) is 9.77. The lowest BCUT2D eigenvalue weighted by atomic mass is 10.0. The lowest BCUT2D eigenvalue weighted by molar-refractivity contribution is 0.249. The van der Waals surface area contributed by atoms with Crippen LogP contribution in [-0.4, -0.2) is 43.2 Å². The first kappa shape index (κ1) is 13.7. The van der Waals surface area contributed by atoms with E-state index in [0.29, 0.717) is 11.1 Å². The second-order valence-electron chi connectivity index (χ2n) is 5.12. The van der Waals surface area contributed by atoms with E-state index >= 15 is 0 Å². The summed E-state index contributed by atoms with van der Waals surface area (Å²) in [4.78, 5) is 4.67. The zero-order valence-corrected chi connectivity index (χ0v) is 11.8. The largest absolute Gasteiger partial charge is 0.392 e. The highest BCUT2D eigenvalue weighted by Crippen LogP contribution is 2.26. The lowest BCUT2D eigenvalue weighted by Gasteiger charge is -2.36. The van der Waals surface area contributed by atoms with E-state index in [2.05, 4.69) is 23.9 Å². The number of rotatable bonds is 3. The number of aliphatic hydroxyl groups excluding tert-OH is 1. The van der Waals surface area contributed by atoms with Crippen LogP contribution in [0.15, 0.2) is 18.2 Å². The summed E-state index contributed by atoms with van der Waals surface area (Å²) >= 11 is 6.13. The highest BCUT2D eigenvalue weighted by molar-refractivity contribution is 6.31. The van der Waals surface area contributed by atoms with E-state index in [1.54, 1.807) is 0 Å². The first-order valence-corrected chi connectivity index (χ1v) is 6.80. The molecule has 1 aromatic rings. The van der Waals surface area contributed by atoms with Crippen molar-refractivity contribution in [2.75, 3.05) is 32.1 Å². The standard InChI is InChI=1S/C14H21ClN2O/c1-16(2)12-5-7-17(8-6-12)13-4-3-11(10-18)14(15)9-13/h3-4,9,12,18H,5-8,10H2,1-2H3. The van der Waals surface area contributed by atoms with Crippen molar-refractivity contribution in [1.29, 1.82) is 0 Å². The van der Waals surface area contributed by atoms with Crippen LogP contribution in [0.3, 0.4) is 0 Å². The van der Waals surface area contributed by atoms with E-state index < -0.39 is 0 Å². The molecular weight excluding hydrogens is 248 g/mol. The topological polar surface area (TPSA) is 26.7 Å². The Morgan fingerprint density at radius 3 is 2.50 bits per heavy atom. The Labute approximate surface area is 114 Å². The third-order valence-corrected chi connectivity index (χ3v) is 4.12. The number of nitrogens with zero attached hydrogens (tertiary/aromatic N) is 2. The summed E-state index contributed by atoms with van der Waals surface area (Å²) in [5.74, 6) is 0. The monoisotopic (exact) mass is 268 g/mol. The average molecular weight is 269 g/mol. The molecule has 1 aromatic carbocycles. The number of hydrogen-bond donors (Lipinski definition) is 1. The van der Waals surface area contributed by atoms with Gasteiger partial charge in [0.25, 0.3) is 0 Å². The molecule has 1 fully saturated rings. The third-order valence-electron chi connectivity index (χ3n) is 3.77. The molecule has 4 heteroatoms. The van der Waals surface area contributed by atoms with E-state index in [1.807, 2.05) is 18.2 Å². The Balaban J connectivity index is 2.03. The molecule has 0 atom stereocenters. The van der Waals surface area contributed by atoms with Gasteiger partial charge in [-0.25, -0.2) is 0 Å². The Bertz CT molecular complexity index is 401. The SMILES string of the molecule is CN(C)C1CCN(c2ccc(CO)c(Cl)c2)CC1. The number of piperidine rings is 1. The summed E-state index contributed by atoms with van der Waals surface area (Å²) in [6.45, 7) is 2.14. The van der Waals surface area contributed by atoms with Gasteiger partial charge in [0.2, 0.25) is 0 Å². The second-order valence-corrected chi connectivity index (χ2v) is 5.52. The highest BCUT2D eigenvalue weighted by Gasteiger charge is 2.20. The van der Waals surface area contributed by atoms with Gasteiger partial charge in [-0.2, -0.15) is 0 Å². The van der Waals surface area contributed by atoms with Crippen LogP contribution in [0.1, 0.15) is 18.4 Å². The van der Waals surface area contributed by atoms with Crippen molar-refractivity contribution in [2.45, 2.75) is 25.5 Å². The van der Waals surface area contributed by atoms with Crippen molar-refractivity contribution in [3.8, 4) is 0 Å². The van der Waals surface area contributed by atoms with E-state index in [1.165, 1.54) is 12.8 Å². The molecular formula is C14H21ClN2O. The molecule has 0 unspecified atom stereocenters. The van der Waals surface area contributed by atoms with Crippen molar-refractivity contribution in [1.82, 2.24) is 4.90 Å². The summed E-state index contributed by atoms with van der Waals surface area (Å²) in [6, 6.07) is 6.61. The predicted octanol–water partition coefficient (Wildman–Crippen LogP) is 2.36. The first-order chi connectivity index (χ1) is 8.61. The maximum Gasteiger partial charge on any atom is 0.0696 e. The van der Waals surface area contributed by atoms with E-state index in [9.17, 15) is 0 Å². The van der Waals surface area contributed by atoms with Crippen molar-refractivity contribution >= 4 is 17.3 Å². The van der Waals surface area contributed by atoms with E-state index in [0.717, 1.165) is 24.3 Å². The first-order valence-electron chi connectivity index (χ1n) is 6.42. The normalized spacial score (nSPS) is 17.5. The van der Waals surface area contributed by atoms with E-state index in [4.69, 9.17) is 16.7 Å². The minimum Gasteiger partial charge on any atom is -0.392 e. The van der Waals surface area contributed by atoms with Gasteiger partial charge in [0.05, 0.1) is 6.61 Å². The molecule has 0 aliphatic carbocycles. The fraction of sp³-hybridized carbons (Fsp3) is 0.571. The van der Waals surface area contributed by atoms with Gasteiger partial charge in [0.15, 0.2) is 0 Å². The molecule has 0 bridgehead atoms. The van der Waals surface area contributed by atoms with Gasteiger partial charge in [-0.05, 0) is 44.6 Å². The average Bonchev–Trinajstić information content (AvgIpc) is 2.38. The summed E-state index contributed by atoms with van der Waals surface area (Å²) in [7, 11) is 4.29. The molecule has 0 aromatic heterocycles. The van der Waals surface area contributed by atoms with Gasteiger partial charge >= 0.3 is 0 Å². The Hall–Kier alpha value is -0.770. The molecule has 0 amide bonds. The van der Waals surface area contributed by atoms with Crippen LogP contribution < -0.4 is 4.90 Å². The maximum atomic E-state index is 9.11. The number of halogens is 1. The highest BCUT2D eigenvalue weighted by atomic mass is 35.5. The zero-order valence-electron chi connectivity index (χ0n) is 11.1. The molecule has 3 nitrogen and oxygen atoms in total. The van der Waals surface area contributed by atoms with Gasteiger partial charge in [-0.15, -0.1) is 0 Å². The molecule has 0 spiro atoms. The molecule has 0 saturated carbocycles. The molecule has 18 heavy (non-hydrogen) atoms. The van der Waals surface area contributed by atoms with E-state index in [-0.39, 0.29) is 6.61 Å². The fourth-order valence-electron chi connectivity index (χ4n) is 2.50. The molecule has 1 N–H and O–H groups in total. The smallest absolute Gasteiger partial charge is 0.0696 e. The Kier molecular flexibility index (Phi) is 4.49. The van der Waals surface area contributed by atoms with Gasteiger partial charge < -0.3 is 14.9 Å². The minimum absolute atomic E-state index is 0.00180. The Morgan fingerprint density at radius 2 is 2.00 bits per heavy atom. The van der Waals surface area contributed by atoms with Gasteiger partial charge in [-0.3, -0.25) is 0 Å². The number of benzene rings is 1. The molecule has 1 aliphatic heterocycles.